The van der Waals surface area contributed by atoms with Crippen LogP contribution in [0.5, 0.6) is 5.75 Å². The lowest BCUT2D eigenvalue weighted by molar-refractivity contribution is 0.1000. The maximum Gasteiger partial charge on any atom is 0.252 e. The van der Waals surface area contributed by atoms with Crippen LogP contribution in [0.25, 0.3) is 0 Å². The van der Waals surface area contributed by atoms with Gasteiger partial charge in [-0.3, -0.25) is 4.79 Å². The number of benzene rings is 1. The SMILES string of the molecule is COc1ccc(Nc2cc(N(C)[C@@H]3CCCN(S(=O)(=O)C4CC4)C3)c(C(N)=O)cn2)cc1. The quantitative estimate of drug-likeness (QED) is 0.622. The average molecular weight is 460 g/mol. The van der Waals surface area contributed by atoms with E-state index in [1.54, 1.807) is 17.5 Å². The molecule has 3 N–H and O–H groups in total. The molecule has 0 unspecified atom stereocenters. The van der Waals surface area contributed by atoms with Gasteiger partial charge in [0.15, 0.2) is 0 Å². The lowest BCUT2D eigenvalue weighted by Crippen LogP contribution is -2.49. The molecule has 1 aliphatic heterocycles. The van der Waals surface area contributed by atoms with Crippen LogP contribution >= 0.6 is 0 Å². The summed E-state index contributed by atoms with van der Waals surface area (Å²) in [4.78, 5) is 18.4. The summed E-state index contributed by atoms with van der Waals surface area (Å²) < 4.78 is 32.3. The van der Waals surface area contributed by atoms with E-state index in [9.17, 15) is 13.2 Å². The lowest BCUT2D eigenvalue weighted by atomic mass is 10.0. The standard InChI is InChI=1S/C22H29N5O4S/c1-26(16-4-3-11-27(14-16)32(29,30)18-9-10-18)20-12-21(24-13-19(20)22(23)28)25-15-5-7-17(31-2)8-6-15/h5-8,12-13,16,18H,3-4,9-11,14H2,1-2H3,(H2,23,28)(H,24,25)/t16-/m1/s1. The van der Waals surface area contributed by atoms with Gasteiger partial charge in [0.05, 0.1) is 23.6 Å². The molecule has 1 aromatic carbocycles. The molecular weight excluding hydrogens is 430 g/mol. The van der Waals surface area contributed by atoms with Gasteiger partial charge in [-0.2, -0.15) is 4.31 Å². The molecule has 1 aliphatic carbocycles. The van der Waals surface area contributed by atoms with Crippen molar-refractivity contribution in [2.75, 3.05) is 37.5 Å². The Morgan fingerprint density at radius 1 is 1.25 bits per heavy atom. The minimum atomic E-state index is -3.24. The van der Waals surface area contributed by atoms with Crippen LogP contribution in [0.1, 0.15) is 36.0 Å². The minimum Gasteiger partial charge on any atom is -0.497 e. The van der Waals surface area contributed by atoms with Gasteiger partial charge in [0.2, 0.25) is 10.0 Å². The number of ether oxygens (including phenoxy) is 1. The number of anilines is 3. The molecule has 32 heavy (non-hydrogen) atoms. The first-order valence-electron chi connectivity index (χ1n) is 10.7. The van der Waals surface area contributed by atoms with Gasteiger partial charge in [-0.05, 0) is 49.9 Å². The third kappa shape index (κ3) is 4.66. The van der Waals surface area contributed by atoms with Crippen molar-refractivity contribution >= 4 is 33.1 Å². The van der Waals surface area contributed by atoms with Crippen LogP contribution in [0.3, 0.4) is 0 Å². The fourth-order valence-electron chi connectivity index (χ4n) is 4.06. The van der Waals surface area contributed by atoms with Crippen LogP contribution in [0.4, 0.5) is 17.2 Å². The highest BCUT2D eigenvalue weighted by Gasteiger charge is 2.42. The topological polar surface area (TPSA) is 118 Å². The summed E-state index contributed by atoms with van der Waals surface area (Å²) in [6, 6.07) is 9.13. The van der Waals surface area contributed by atoms with Crippen molar-refractivity contribution in [2.45, 2.75) is 37.0 Å². The number of methoxy groups -OCH3 is 1. The summed E-state index contributed by atoms with van der Waals surface area (Å²) >= 11 is 0. The Balaban J connectivity index is 1.57. The normalized spacial score (nSPS) is 19.4. The Morgan fingerprint density at radius 3 is 2.59 bits per heavy atom. The summed E-state index contributed by atoms with van der Waals surface area (Å²) in [5.41, 5.74) is 7.36. The van der Waals surface area contributed by atoms with Gasteiger partial charge in [0.25, 0.3) is 5.91 Å². The number of piperidine rings is 1. The van der Waals surface area contributed by atoms with Crippen LogP contribution < -0.4 is 20.7 Å². The Hall–Kier alpha value is -2.85. The van der Waals surface area contributed by atoms with Crippen LogP contribution in [0.2, 0.25) is 0 Å². The second-order valence-corrected chi connectivity index (χ2v) is 10.5. The lowest BCUT2D eigenvalue weighted by Gasteiger charge is -2.38. The van der Waals surface area contributed by atoms with Crippen LogP contribution in [-0.2, 0) is 10.0 Å². The van der Waals surface area contributed by atoms with Gasteiger partial charge in [-0.1, -0.05) is 0 Å². The Bertz CT molecular complexity index is 1090. The van der Waals surface area contributed by atoms with Crippen molar-refractivity contribution in [1.82, 2.24) is 9.29 Å². The number of pyridine rings is 1. The van der Waals surface area contributed by atoms with Gasteiger partial charge >= 0.3 is 0 Å². The molecule has 4 rings (SSSR count). The second-order valence-electron chi connectivity index (χ2n) is 8.31. The molecule has 2 aromatic rings. The number of carbonyl (C=O) groups is 1. The van der Waals surface area contributed by atoms with E-state index in [0.29, 0.717) is 30.2 Å². The third-order valence-corrected chi connectivity index (χ3v) is 8.47. The van der Waals surface area contributed by atoms with Crippen molar-refractivity contribution in [1.29, 1.82) is 0 Å². The van der Waals surface area contributed by atoms with Gasteiger partial charge in [0, 0.05) is 44.1 Å². The van der Waals surface area contributed by atoms with Crippen molar-refractivity contribution in [3.63, 3.8) is 0 Å². The minimum absolute atomic E-state index is 0.0633. The Morgan fingerprint density at radius 2 is 1.97 bits per heavy atom. The molecule has 0 spiro atoms. The summed E-state index contributed by atoms with van der Waals surface area (Å²) in [6.07, 6.45) is 4.55. The van der Waals surface area contributed by atoms with E-state index in [1.807, 2.05) is 36.2 Å². The molecule has 1 saturated heterocycles. The highest BCUT2D eigenvalue weighted by atomic mass is 32.2. The molecule has 10 heteroatoms. The number of primary amides is 1. The first-order chi connectivity index (χ1) is 15.3. The summed E-state index contributed by atoms with van der Waals surface area (Å²) in [5, 5.41) is 3.00. The largest absolute Gasteiger partial charge is 0.497 e. The molecule has 0 radical (unpaired) electrons. The molecule has 0 bridgehead atoms. The van der Waals surface area contributed by atoms with Crippen molar-refractivity contribution in [2.24, 2.45) is 5.73 Å². The average Bonchev–Trinajstić information content (AvgIpc) is 3.65. The van der Waals surface area contributed by atoms with Crippen molar-refractivity contribution < 1.29 is 17.9 Å². The van der Waals surface area contributed by atoms with E-state index in [-0.39, 0.29) is 11.3 Å². The molecule has 1 atom stereocenters. The Labute approximate surface area is 188 Å². The van der Waals surface area contributed by atoms with Crippen LogP contribution in [0, 0.1) is 0 Å². The number of hydrogen-bond acceptors (Lipinski definition) is 7. The highest BCUT2D eigenvalue weighted by molar-refractivity contribution is 7.90. The molecule has 1 saturated carbocycles. The number of rotatable bonds is 8. The number of sulfonamides is 1. The fourth-order valence-corrected chi connectivity index (χ4v) is 5.98. The number of aromatic nitrogens is 1. The van der Waals surface area contributed by atoms with Gasteiger partial charge in [-0.15, -0.1) is 0 Å². The molecule has 9 nitrogen and oxygen atoms in total. The maximum atomic E-state index is 12.7. The molecule has 1 amide bonds. The molecule has 1 aromatic heterocycles. The monoisotopic (exact) mass is 459 g/mol. The smallest absolute Gasteiger partial charge is 0.252 e. The number of nitrogens with two attached hydrogens (primary N) is 1. The molecule has 172 valence electrons. The van der Waals surface area contributed by atoms with Crippen LogP contribution in [0.15, 0.2) is 36.5 Å². The number of nitrogens with one attached hydrogen (secondary N) is 1. The third-order valence-electron chi connectivity index (χ3n) is 6.10. The number of amides is 1. The second kappa shape index (κ2) is 8.95. The van der Waals surface area contributed by atoms with E-state index < -0.39 is 15.9 Å². The van der Waals surface area contributed by atoms with Gasteiger partial charge < -0.3 is 20.7 Å². The van der Waals surface area contributed by atoms with Crippen molar-refractivity contribution in [3.8, 4) is 5.75 Å². The van der Waals surface area contributed by atoms with Crippen LogP contribution in [-0.4, -0.2) is 62.2 Å². The van der Waals surface area contributed by atoms with Gasteiger partial charge in [0.1, 0.15) is 11.6 Å². The maximum absolute atomic E-state index is 12.7. The molecular formula is C22H29N5O4S. The summed E-state index contributed by atoms with van der Waals surface area (Å²) in [5.74, 6) is 0.727. The van der Waals surface area contributed by atoms with E-state index in [4.69, 9.17) is 10.5 Å². The first kappa shape index (κ1) is 22.3. The zero-order valence-electron chi connectivity index (χ0n) is 18.3. The summed E-state index contributed by atoms with van der Waals surface area (Å²) in [6.45, 7) is 0.948. The fraction of sp³-hybridized carbons (Fsp3) is 0.455. The first-order valence-corrected chi connectivity index (χ1v) is 12.2. The predicted octanol–water partition coefficient (Wildman–Crippen LogP) is 2.33. The van der Waals surface area contributed by atoms with Gasteiger partial charge in [-0.25, -0.2) is 13.4 Å². The Kier molecular flexibility index (Phi) is 6.25. The van der Waals surface area contributed by atoms with E-state index in [1.165, 1.54) is 6.20 Å². The van der Waals surface area contributed by atoms with E-state index >= 15 is 0 Å². The molecule has 2 heterocycles. The number of likely N-dealkylation sites (N-methyl/N-ethyl adjacent to an activating group) is 1. The van der Waals surface area contributed by atoms with E-state index in [0.717, 1.165) is 37.1 Å². The van der Waals surface area contributed by atoms with Crippen molar-refractivity contribution in [3.05, 3.63) is 42.1 Å². The predicted molar refractivity (Wildman–Crippen MR) is 124 cm³/mol. The number of carbonyl (C=O) groups excluding carboxylic acids is 1. The highest BCUT2D eigenvalue weighted by Crippen LogP contribution is 2.34. The zero-order chi connectivity index (χ0) is 22.9. The molecule has 2 fully saturated rings. The number of nitrogens with zero attached hydrogens (tertiary/aromatic N) is 3. The van der Waals surface area contributed by atoms with E-state index in [2.05, 4.69) is 10.3 Å². The number of hydrogen-bond donors (Lipinski definition) is 2. The molecule has 2 aliphatic rings. The zero-order valence-corrected chi connectivity index (χ0v) is 19.1. The summed E-state index contributed by atoms with van der Waals surface area (Å²) in [7, 11) is 0.241.